The predicted octanol–water partition coefficient (Wildman–Crippen LogP) is 4.35. The van der Waals surface area contributed by atoms with E-state index in [1.165, 1.54) is 11.3 Å². The number of para-hydroxylation sites is 1. The first kappa shape index (κ1) is 16.3. The Morgan fingerprint density at radius 1 is 1.12 bits per heavy atom. The number of rotatable bonds is 6. The Balaban J connectivity index is 1.83. The van der Waals surface area contributed by atoms with E-state index in [9.17, 15) is 4.79 Å². The van der Waals surface area contributed by atoms with E-state index in [1.807, 2.05) is 44.2 Å². The highest BCUT2D eigenvalue weighted by Gasteiger charge is 2.14. The number of hydrogen-bond donors (Lipinski definition) is 1. The molecule has 0 aliphatic rings. The van der Waals surface area contributed by atoms with Gasteiger partial charge in [-0.1, -0.05) is 23.5 Å². The quantitative estimate of drug-likeness (QED) is 0.723. The number of ether oxygens (including phenoxy) is 2. The molecule has 3 rings (SSSR count). The van der Waals surface area contributed by atoms with Crippen molar-refractivity contribution in [2.75, 3.05) is 18.5 Å². The maximum Gasteiger partial charge on any atom is 0.261 e. The number of anilines is 1. The summed E-state index contributed by atoms with van der Waals surface area (Å²) in [5.41, 5.74) is 1.32. The molecule has 0 bridgehead atoms. The van der Waals surface area contributed by atoms with Crippen LogP contribution in [0, 0.1) is 0 Å². The lowest BCUT2D eigenvalue weighted by molar-refractivity contribution is 0.102. The van der Waals surface area contributed by atoms with E-state index in [4.69, 9.17) is 9.47 Å². The summed E-state index contributed by atoms with van der Waals surface area (Å²) in [5, 5.41) is 3.40. The maximum atomic E-state index is 12.5. The SMILES string of the molecule is CCOc1ccc2nc(NC(=O)c3ccccc3OCC)sc2c1. The van der Waals surface area contributed by atoms with Crippen molar-refractivity contribution in [1.82, 2.24) is 4.98 Å². The van der Waals surface area contributed by atoms with Crippen molar-refractivity contribution < 1.29 is 14.3 Å². The maximum absolute atomic E-state index is 12.5. The largest absolute Gasteiger partial charge is 0.494 e. The van der Waals surface area contributed by atoms with Crippen LogP contribution in [0.15, 0.2) is 42.5 Å². The molecule has 0 spiro atoms. The number of benzene rings is 2. The molecular formula is C18H18N2O3S. The molecular weight excluding hydrogens is 324 g/mol. The van der Waals surface area contributed by atoms with E-state index >= 15 is 0 Å². The second-order valence-electron chi connectivity index (χ2n) is 4.96. The van der Waals surface area contributed by atoms with Crippen molar-refractivity contribution in [3.05, 3.63) is 48.0 Å². The third-order valence-electron chi connectivity index (χ3n) is 3.32. The third kappa shape index (κ3) is 3.49. The molecule has 5 nitrogen and oxygen atoms in total. The predicted molar refractivity (Wildman–Crippen MR) is 96.4 cm³/mol. The van der Waals surface area contributed by atoms with Crippen LogP contribution in [0.4, 0.5) is 5.13 Å². The van der Waals surface area contributed by atoms with Gasteiger partial charge in [0.1, 0.15) is 11.5 Å². The molecule has 1 amide bonds. The van der Waals surface area contributed by atoms with Gasteiger partial charge in [-0.25, -0.2) is 4.98 Å². The van der Waals surface area contributed by atoms with E-state index in [0.29, 0.717) is 29.7 Å². The molecule has 0 fully saturated rings. The lowest BCUT2D eigenvalue weighted by atomic mass is 10.2. The van der Waals surface area contributed by atoms with Crippen LogP contribution in [-0.4, -0.2) is 24.1 Å². The Morgan fingerprint density at radius 3 is 2.71 bits per heavy atom. The fourth-order valence-corrected chi connectivity index (χ4v) is 3.20. The molecule has 0 atom stereocenters. The highest BCUT2D eigenvalue weighted by Crippen LogP contribution is 2.30. The Morgan fingerprint density at radius 2 is 1.92 bits per heavy atom. The Hall–Kier alpha value is -2.60. The van der Waals surface area contributed by atoms with Crippen LogP contribution < -0.4 is 14.8 Å². The first-order valence-corrected chi connectivity index (χ1v) is 8.59. The molecule has 1 aromatic heterocycles. The van der Waals surface area contributed by atoms with Gasteiger partial charge >= 0.3 is 0 Å². The van der Waals surface area contributed by atoms with Gasteiger partial charge in [0.25, 0.3) is 5.91 Å². The van der Waals surface area contributed by atoms with Crippen molar-refractivity contribution in [2.24, 2.45) is 0 Å². The summed E-state index contributed by atoms with van der Waals surface area (Å²) in [6.45, 7) is 4.95. The second kappa shape index (κ2) is 7.31. The van der Waals surface area contributed by atoms with E-state index in [0.717, 1.165) is 16.0 Å². The second-order valence-corrected chi connectivity index (χ2v) is 6.00. The topological polar surface area (TPSA) is 60.5 Å². The van der Waals surface area contributed by atoms with Gasteiger partial charge in [0, 0.05) is 0 Å². The molecule has 0 aliphatic heterocycles. The van der Waals surface area contributed by atoms with E-state index in [1.54, 1.807) is 12.1 Å². The number of nitrogens with zero attached hydrogens (tertiary/aromatic N) is 1. The van der Waals surface area contributed by atoms with Crippen LogP contribution in [-0.2, 0) is 0 Å². The summed E-state index contributed by atoms with van der Waals surface area (Å²) in [7, 11) is 0. The minimum Gasteiger partial charge on any atom is -0.494 e. The van der Waals surface area contributed by atoms with E-state index in [-0.39, 0.29) is 5.91 Å². The molecule has 3 aromatic rings. The zero-order chi connectivity index (χ0) is 16.9. The number of aromatic nitrogens is 1. The number of amides is 1. The highest BCUT2D eigenvalue weighted by atomic mass is 32.1. The lowest BCUT2D eigenvalue weighted by Gasteiger charge is -2.08. The third-order valence-corrected chi connectivity index (χ3v) is 4.26. The molecule has 0 saturated heterocycles. The molecule has 2 aromatic carbocycles. The van der Waals surface area contributed by atoms with Crippen molar-refractivity contribution in [2.45, 2.75) is 13.8 Å². The van der Waals surface area contributed by atoms with Gasteiger partial charge in [-0.3, -0.25) is 10.1 Å². The van der Waals surface area contributed by atoms with Gasteiger partial charge in [0.05, 0.1) is 29.0 Å². The Labute approximate surface area is 144 Å². The van der Waals surface area contributed by atoms with Gasteiger partial charge in [0.2, 0.25) is 0 Å². The minimum absolute atomic E-state index is 0.233. The molecule has 0 unspecified atom stereocenters. The van der Waals surface area contributed by atoms with Crippen LogP contribution in [0.1, 0.15) is 24.2 Å². The average molecular weight is 342 g/mol. The summed E-state index contributed by atoms with van der Waals surface area (Å²) in [6, 6.07) is 12.9. The first-order chi connectivity index (χ1) is 11.7. The van der Waals surface area contributed by atoms with Gasteiger partial charge in [-0.15, -0.1) is 0 Å². The average Bonchev–Trinajstić information content (AvgIpc) is 2.97. The van der Waals surface area contributed by atoms with Crippen LogP contribution in [0.25, 0.3) is 10.2 Å². The van der Waals surface area contributed by atoms with E-state index in [2.05, 4.69) is 10.3 Å². The number of nitrogens with one attached hydrogen (secondary N) is 1. The Bertz CT molecular complexity index is 860. The summed E-state index contributed by atoms with van der Waals surface area (Å²) < 4.78 is 12.0. The molecule has 0 saturated carbocycles. The van der Waals surface area contributed by atoms with Gasteiger partial charge in [-0.05, 0) is 44.2 Å². The van der Waals surface area contributed by atoms with Crippen molar-refractivity contribution in [3.8, 4) is 11.5 Å². The summed E-state index contributed by atoms with van der Waals surface area (Å²) >= 11 is 1.42. The van der Waals surface area contributed by atoms with Gasteiger partial charge in [-0.2, -0.15) is 0 Å². The van der Waals surface area contributed by atoms with Crippen molar-refractivity contribution >= 4 is 32.6 Å². The normalized spacial score (nSPS) is 10.6. The Kier molecular flexibility index (Phi) is 4.96. The zero-order valence-corrected chi connectivity index (χ0v) is 14.4. The number of thiazole rings is 1. The number of carbonyl (C=O) groups excluding carboxylic acids is 1. The molecule has 6 heteroatoms. The van der Waals surface area contributed by atoms with Crippen LogP contribution in [0.5, 0.6) is 11.5 Å². The van der Waals surface area contributed by atoms with Crippen LogP contribution in [0.3, 0.4) is 0 Å². The van der Waals surface area contributed by atoms with Crippen molar-refractivity contribution in [3.63, 3.8) is 0 Å². The summed E-state index contributed by atoms with van der Waals surface area (Å²) in [5.74, 6) is 1.13. The van der Waals surface area contributed by atoms with Crippen molar-refractivity contribution in [1.29, 1.82) is 0 Å². The van der Waals surface area contributed by atoms with Crippen LogP contribution >= 0.6 is 11.3 Å². The summed E-state index contributed by atoms with van der Waals surface area (Å²) in [6.07, 6.45) is 0. The molecule has 0 aliphatic carbocycles. The molecule has 124 valence electrons. The number of hydrogen-bond acceptors (Lipinski definition) is 5. The molecule has 1 heterocycles. The van der Waals surface area contributed by atoms with E-state index < -0.39 is 0 Å². The van der Waals surface area contributed by atoms with Gasteiger partial charge in [0.15, 0.2) is 5.13 Å². The minimum atomic E-state index is -0.233. The molecule has 24 heavy (non-hydrogen) atoms. The lowest BCUT2D eigenvalue weighted by Crippen LogP contribution is -2.13. The van der Waals surface area contributed by atoms with Crippen LogP contribution in [0.2, 0.25) is 0 Å². The molecule has 0 radical (unpaired) electrons. The fraction of sp³-hybridized carbons (Fsp3) is 0.222. The molecule has 1 N–H and O–H groups in total. The highest BCUT2D eigenvalue weighted by molar-refractivity contribution is 7.22. The summed E-state index contributed by atoms with van der Waals surface area (Å²) in [4.78, 5) is 17.0. The first-order valence-electron chi connectivity index (χ1n) is 7.77. The zero-order valence-electron chi connectivity index (χ0n) is 13.5. The fourth-order valence-electron chi connectivity index (χ4n) is 2.31. The smallest absolute Gasteiger partial charge is 0.261 e. The number of carbonyl (C=O) groups is 1. The standard InChI is InChI=1S/C18H18N2O3S/c1-3-22-12-9-10-14-16(11-12)24-18(19-14)20-17(21)13-7-5-6-8-15(13)23-4-2/h5-11H,3-4H2,1-2H3,(H,19,20,21). The van der Waals surface area contributed by atoms with Gasteiger partial charge < -0.3 is 9.47 Å². The number of fused-ring (bicyclic) bond motifs is 1. The monoisotopic (exact) mass is 342 g/mol.